The second-order valence-corrected chi connectivity index (χ2v) is 5.74. The van der Waals surface area contributed by atoms with E-state index in [9.17, 15) is 0 Å². The lowest BCUT2D eigenvalue weighted by atomic mass is 10.2. The molecule has 0 saturated heterocycles. The lowest BCUT2D eigenvalue weighted by molar-refractivity contribution is 0.570. The van der Waals surface area contributed by atoms with Gasteiger partial charge in [-0.05, 0) is 5.75 Å². The van der Waals surface area contributed by atoms with E-state index >= 15 is 0 Å². The summed E-state index contributed by atoms with van der Waals surface area (Å²) in [4.78, 5) is 5.60. The highest BCUT2D eigenvalue weighted by Gasteiger charge is 2.10. The zero-order valence-electron chi connectivity index (χ0n) is 9.22. The maximum absolute atomic E-state index is 5.54. The van der Waals surface area contributed by atoms with Crippen LogP contribution in [0.1, 0.15) is 12.6 Å². The van der Waals surface area contributed by atoms with Gasteiger partial charge in [-0.2, -0.15) is 11.8 Å². The number of imidazole rings is 1. The molecule has 0 radical (unpaired) electrons. The third-order valence-electron chi connectivity index (χ3n) is 2.36. The Balaban J connectivity index is 1.99. The van der Waals surface area contributed by atoms with Gasteiger partial charge in [-0.3, -0.25) is 15.7 Å². The summed E-state index contributed by atoms with van der Waals surface area (Å²) >= 11 is 3.55. The van der Waals surface area contributed by atoms with Crippen LogP contribution in [0.15, 0.2) is 17.8 Å². The molecule has 0 bridgehead atoms. The van der Waals surface area contributed by atoms with Crippen LogP contribution in [0.5, 0.6) is 0 Å². The maximum atomic E-state index is 5.54. The SMILES string of the molecule is CCSCC(Cc1cn2ccsc2n1)NN. The van der Waals surface area contributed by atoms with E-state index in [-0.39, 0.29) is 0 Å². The van der Waals surface area contributed by atoms with Gasteiger partial charge in [-0.25, -0.2) is 4.98 Å². The number of hydrogen-bond acceptors (Lipinski definition) is 5. The highest BCUT2D eigenvalue weighted by molar-refractivity contribution is 7.99. The van der Waals surface area contributed by atoms with Gasteiger partial charge in [0.1, 0.15) is 0 Å². The van der Waals surface area contributed by atoms with Crippen LogP contribution >= 0.6 is 23.1 Å². The topological polar surface area (TPSA) is 55.3 Å². The van der Waals surface area contributed by atoms with Gasteiger partial charge in [0, 0.05) is 36.0 Å². The highest BCUT2D eigenvalue weighted by Crippen LogP contribution is 2.13. The zero-order chi connectivity index (χ0) is 11.4. The van der Waals surface area contributed by atoms with E-state index in [4.69, 9.17) is 5.84 Å². The molecule has 0 amide bonds. The van der Waals surface area contributed by atoms with E-state index in [1.165, 1.54) is 0 Å². The van der Waals surface area contributed by atoms with Crippen molar-refractivity contribution in [3.8, 4) is 0 Å². The molecule has 0 aromatic carbocycles. The third-order valence-corrected chi connectivity index (χ3v) is 4.17. The van der Waals surface area contributed by atoms with Gasteiger partial charge >= 0.3 is 0 Å². The van der Waals surface area contributed by atoms with Crippen LogP contribution in [0.4, 0.5) is 0 Å². The molecular weight excluding hydrogens is 240 g/mol. The standard InChI is InChI=1S/C10H16N4S2/c1-2-15-7-9(13-11)5-8-6-14-3-4-16-10(14)12-8/h3-4,6,9,13H,2,5,7,11H2,1H3. The van der Waals surface area contributed by atoms with Crippen LogP contribution < -0.4 is 11.3 Å². The summed E-state index contributed by atoms with van der Waals surface area (Å²) in [5.74, 6) is 7.68. The summed E-state index contributed by atoms with van der Waals surface area (Å²) in [7, 11) is 0. The lowest BCUT2D eigenvalue weighted by Crippen LogP contribution is -2.38. The van der Waals surface area contributed by atoms with Crippen LogP contribution in [-0.2, 0) is 6.42 Å². The largest absolute Gasteiger partial charge is 0.297 e. The Morgan fingerprint density at radius 3 is 3.25 bits per heavy atom. The number of hydrazine groups is 1. The van der Waals surface area contributed by atoms with E-state index in [1.807, 2.05) is 23.3 Å². The predicted molar refractivity (Wildman–Crippen MR) is 70.9 cm³/mol. The van der Waals surface area contributed by atoms with Crippen molar-refractivity contribution < 1.29 is 0 Å². The van der Waals surface area contributed by atoms with E-state index in [0.29, 0.717) is 6.04 Å². The number of aromatic nitrogens is 2. The fraction of sp³-hybridized carbons (Fsp3) is 0.500. The number of thioether (sulfide) groups is 1. The number of fused-ring (bicyclic) bond motifs is 1. The molecule has 88 valence electrons. The first-order chi connectivity index (χ1) is 7.83. The number of nitrogens with zero attached hydrogens (tertiary/aromatic N) is 2. The van der Waals surface area contributed by atoms with Crippen molar-refractivity contribution in [3.05, 3.63) is 23.5 Å². The second-order valence-electron chi connectivity index (χ2n) is 3.55. The van der Waals surface area contributed by atoms with Gasteiger partial charge in [-0.15, -0.1) is 11.3 Å². The van der Waals surface area contributed by atoms with Gasteiger partial charge in [0.15, 0.2) is 4.96 Å². The number of nitrogens with one attached hydrogen (secondary N) is 1. The molecule has 1 unspecified atom stereocenters. The highest BCUT2D eigenvalue weighted by atomic mass is 32.2. The first-order valence-electron chi connectivity index (χ1n) is 5.28. The quantitative estimate of drug-likeness (QED) is 0.608. The van der Waals surface area contributed by atoms with Crippen LogP contribution in [0.3, 0.4) is 0 Å². The molecule has 0 fully saturated rings. The molecule has 0 spiro atoms. The van der Waals surface area contributed by atoms with Gasteiger partial charge < -0.3 is 0 Å². The summed E-state index contributed by atoms with van der Waals surface area (Å²) in [5, 5.41) is 2.04. The Labute approximate surface area is 103 Å². The molecule has 2 aromatic heterocycles. The van der Waals surface area contributed by atoms with Gasteiger partial charge in [-0.1, -0.05) is 6.92 Å². The predicted octanol–water partition coefficient (Wildman–Crippen LogP) is 1.52. The van der Waals surface area contributed by atoms with Gasteiger partial charge in [0.25, 0.3) is 0 Å². The first-order valence-corrected chi connectivity index (χ1v) is 7.32. The fourth-order valence-corrected chi connectivity index (χ4v) is 3.01. The number of hydrogen-bond donors (Lipinski definition) is 2. The second kappa shape index (κ2) is 5.67. The first kappa shape index (κ1) is 11.9. The molecule has 2 heterocycles. The maximum Gasteiger partial charge on any atom is 0.193 e. The van der Waals surface area contributed by atoms with E-state index in [1.54, 1.807) is 11.3 Å². The Morgan fingerprint density at radius 1 is 1.69 bits per heavy atom. The van der Waals surface area contributed by atoms with Crippen molar-refractivity contribution in [1.82, 2.24) is 14.8 Å². The van der Waals surface area contributed by atoms with Crippen molar-refractivity contribution in [2.24, 2.45) is 5.84 Å². The summed E-state index contributed by atoms with van der Waals surface area (Å²) in [6.45, 7) is 2.16. The molecule has 0 saturated carbocycles. The monoisotopic (exact) mass is 256 g/mol. The average molecular weight is 256 g/mol. The summed E-state index contributed by atoms with van der Waals surface area (Å²) in [6.07, 6.45) is 4.99. The number of nitrogens with two attached hydrogens (primary N) is 1. The zero-order valence-corrected chi connectivity index (χ0v) is 10.9. The average Bonchev–Trinajstić information content (AvgIpc) is 2.84. The molecule has 16 heavy (non-hydrogen) atoms. The van der Waals surface area contributed by atoms with Gasteiger partial charge in [0.05, 0.1) is 5.69 Å². The normalized spacial score (nSPS) is 13.4. The minimum atomic E-state index is 0.301. The summed E-state index contributed by atoms with van der Waals surface area (Å²) in [6, 6.07) is 0.301. The minimum absolute atomic E-state index is 0.301. The number of thiazole rings is 1. The Bertz CT molecular complexity index is 408. The molecular formula is C10H16N4S2. The molecule has 0 aliphatic rings. The van der Waals surface area contributed by atoms with E-state index < -0.39 is 0 Å². The van der Waals surface area contributed by atoms with Crippen molar-refractivity contribution in [2.45, 2.75) is 19.4 Å². The molecule has 1 atom stereocenters. The van der Waals surface area contributed by atoms with Crippen molar-refractivity contribution in [1.29, 1.82) is 0 Å². The summed E-state index contributed by atoms with van der Waals surface area (Å²) in [5.41, 5.74) is 3.96. The molecule has 0 aliphatic heterocycles. The molecule has 4 nitrogen and oxygen atoms in total. The number of rotatable bonds is 6. The smallest absolute Gasteiger partial charge is 0.193 e. The van der Waals surface area contributed by atoms with Crippen molar-refractivity contribution in [2.75, 3.05) is 11.5 Å². The van der Waals surface area contributed by atoms with Crippen molar-refractivity contribution >= 4 is 28.1 Å². The van der Waals surface area contributed by atoms with Crippen LogP contribution in [0.2, 0.25) is 0 Å². The van der Waals surface area contributed by atoms with Crippen LogP contribution in [0.25, 0.3) is 4.96 Å². The third kappa shape index (κ3) is 2.76. The molecule has 0 aliphatic carbocycles. The lowest BCUT2D eigenvalue weighted by Gasteiger charge is -2.13. The Morgan fingerprint density at radius 2 is 2.56 bits per heavy atom. The molecule has 3 N–H and O–H groups in total. The molecule has 2 rings (SSSR count). The van der Waals surface area contributed by atoms with E-state index in [0.717, 1.165) is 28.6 Å². The fourth-order valence-electron chi connectivity index (χ4n) is 1.55. The van der Waals surface area contributed by atoms with Crippen molar-refractivity contribution in [3.63, 3.8) is 0 Å². The molecule has 6 heteroatoms. The van der Waals surface area contributed by atoms with E-state index in [2.05, 4.69) is 27.9 Å². The van der Waals surface area contributed by atoms with Crippen LogP contribution in [-0.4, -0.2) is 26.9 Å². The minimum Gasteiger partial charge on any atom is -0.297 e. The summed E-state index contributed by atoms with van der Waals surface area (Å²) < 4.78 is 2.06. The molecule has 2 aromatic rings. The Kier molecular flexibility index (Phi) is 4.22. The Hall–Kier alpha value is -0.560. The van der Waals surface area contributed by atoms with Gasteiger partial charge in [0.2, 0.25) is 0 Å². The van der Waals surface area contributed by atoms with Crippen LogP contribution in [0, 0.1) is 0 Å².